The van der Waals surface area contributed by atoms with Crippen molar-refractivity contribution in [2.24, 2.45) is 11.3 Å². The summed E-state index contributed by atoms with van der Waals surface area (Å²) < 4.78 is 27.9. The number of amides is 1. The molecule has 1 saturated heterocycles. The maximum Gasteiger partial charge on any atom is 0.259 e. The van der Waals surface area contributed by atoms with Crippen molar-refractivity contribution in [1.29, 1.82) is 0 Å². The van der Waals surface area contributed by atoms with Crippen LogP contribution in [0.1, 0.15) is 62.2 Å². The van der Waals surface area contributed by atoms with Gasteiger partial charge < -0.3 is 9.64 Å². The van der Waals surface area contributed by atoms with E-state index in [4.69, 9.17) is 9.29 Å². The minimum atomic E-state index is -2.20. The molecule has 1 aromatic rings. The Bertz CT molecular complexity index is 975. The molecule has 3 aliphatic rings. The van der Waals surface area contributed by atoms with Gasteiger partial charge in [0.15, 0.2) is 0 Å². The number of hydrogen-bond donors (Lipinski definition) is 2. The predicted molar refractivity (Wildman–Crippen MR) is 141 cm³/mol. The highest BCUT2D eigenvalue weighted by Gasteiger charge is 2.46. The van der Waals surface area contributed by atoms with E-state index in [2.05, 4.69) is 34.8 Å². The molecule has 0 radical (unpaired) electrons. The Morgan fingerprint density at radius 1 is 1.20 bits per heavy atom. The van der Waals surface area contributed by atoms with Crippen molar-refractivity contribution in [3.63, 3.8) is 0 Å². The van der Waals surface area contributed by atoms with Crippen molar-refractivity contribution in [3.8, 4) is 5.75 Å². The zero-order valence-corrected chi connectivity index (χ0v) is 21.8. The van der Waals surface area contributed by atoms with Gasteiger partial charge >= 0.3 is 0 Å². The van der Waals surface area contributed by atoms with Gasteiger partial charge in [0.05, 0.1) is 12.8 Å². The molecule has 2 aliphatic carbocycles. The third-order valence-electron chi connectivity index (χ3n) is 7.71. The fraction of sp³-hybridized carbons (Fsp3) is 0.593. The van der Waals surface area contributed by atoms with Gasteiger partial charge in [-0.2, -0.15) is 0 Å². The molecule has 1 aliphatic heterocycles. The van der Waals surface area contributed by atoms with Gasteiger partial charge in [0.25, 0.3) is 17.2 Å². The SMILES string of the molecule is C/C=C\C(=C/C1CCCCC1)C1(CN2CCN(C(=O)c3ccc(NS(=O)O)c(OC)c3)CC2)CC1. The first kappa shape index (κ1) is 25.9. The topological polar surface area (TPSA) is 82.1 Å². The van der Waals surface area contributed by atoms with Crippen LogP contribution in [0.4, 0.5) is 5.69 Å². The average molecular weight is 502 g/mol. The number of piperazine rings is 1. The fourth-order valence-electron chi connectivity index (χ4n) is 5.55. The molecule has 0 spiro atoms. The van der Waals surface area contributed by atoms with Crippen LogP contribution in [-0.4, -0.2) is 64.3 Å². The molecule has 2 saturated carbocycles. The average Bonchev–Trinajstić information content (AvgIpc) is 3.65. The van der Waals surface area contributed by atoms with Crippen LogP contribution in [0, 0.1) is 11.3 Å². The summed E-state index contributed by atoms with van der Waals surface area (Å²) in [6.45, 7) is 6.34. The Morgan fingerprint density at radius 2 is 1.91 bits per heavy atom. The zero-order chi connectivity index (χ0) is 24.8. The first-order valence-corrected chi connectivity index (χ1v) is 14.0. The number of nitrogens with one attached hydrogen (secondary N) is 1. The number of methoxy groups -OCH3 is 1. The maximum atomic E-state index is 13.1. The first-order chi connectivity index (χ1) is 16.9. The van der Waals surface area contributed by atoms with E-state index in [9.17, 15) is 9.00 Å². The Kier molecular flexibility index (Phi) is 8.68. The van der Waals surface area contributed by atoms with Crippen molar-refractivity contribution < 1.29 is 18.3 Å². The van der Waals surface area contributed by atoms with Crippen LogP contribution in [0.25, 0.3) is 0 Å². The van der Waals surface area contributed by atoms with Crippen molar-refractivity contribution in [2.45, 2.75) is 51.9 Å². The largest absolute Gasteiger partial charge is 0.495 e. The molecule has 2 N–H and O–H groups in total. The van der Waals surface area contributed by atoms with Gasteiger partial charge in [-0.3, -0.25) is 19.0 Å². The Morgan fingerprint density at radius 3 is 2.51 bits per heavy atom. The van der Waals surface area contributed by atoms with Gasteiger partial charge in [-0.25, -0.2) is 4.21 Å². The van der Waals surface area contributed by atoms with Crippen molar-refractivity contribution in [3.05, 3.63) is 47.6 Å². The number of anilines is 1. The maximum absolute atomic E-state index is 13.1. The highest BCUT2D eigenvalue weighted by atomic mass is 32.2. The molecule has 1 atom stereocenters. The summed E-state index contributed by atoms with van der Waals surface area (Å²) in [5.74, 6) is 1.07. The van der Waals surface area contributed by atoms with Crippen LogP contribution >= 0.6 is 0 Å². The van der Waals surface area contributed by atoms with Crippen LogP contribution in [0.2, 0.25) is 0 Å². The summed E-state index contributed by atoms with van der Waals surface area (Å²) >= 11 is -2.20. The lowest BCUT2D eigenvalue weighted by Crippen LogP contribution is -2.50. The highest BCUT2D eigenvalue weighted by molar-refractivity contribution is 7.80. The van der Waals surface area contributed by atoms with E-state index < -0.39 is 11.3 Å². The molecule has 4 rings (SSSR count). The number of benzene rings is 1. The Hall–Kier alpha value is -2.16. The molecule has 192 valence electrons. The second-order valence-electron chi connectivity index (χ2n) is 10.1. The number of rotatable bonds is 9. The number of carbonyl (C=O) groups is 1. The van der Waals surface area contributed by atoms with Crippen LogP contribution in [0.15, 0.2) is 42.0 Å². The zero-order valence-electron chi connectivity index (χ0n) is 21.0. The summed E-state index contributed by atoms with van der Waals surface area (Å²) in [4.78, 5) is 17.5. The van der Waals surface area contributed by atoms with E-state index in [0.717, 1.165) is 25.6 Å². The Labute approximate surface area is 212 Å². The van der Waals surface area contributed by atoms with Gasteiger partial charge in [-0.05, 0) is 62.3 Å². The van der Waals surface area contributed by atoms with Gasteiger partial charge in [-0.1, -0.05) is 37.5 Å². The molecule has 8 heteroatoms. The molecule has 1 amide bonds. The molecule has 3 fully saturated rings. The van der Waals surface area contributed by atoms with E-state index >= 15 is 0 Å². The number of nitrogens with zero attached hydrogens (tertiary/aromatic N) is 2. The monoisotopic (exact) mass is 501 g/mol. The summed E-state index contributed by atoms with van der Waals surface area (Å²) in [6.07, 6.45) is 16.4. The summed E-state index contributed by atoms with van der Waals surface area (Å²) in [7, 11) is 1.48. The quantitative estimate of drug-likeness (QED) is 0.373. The highest BCUT2D eigenvalue weighted by Crippen LogP contribution is 2.53. The molecule has 1 unspecified atom stereocenters. The van der Waals surface area contributed by atoms with E-state index in [-0.39, 0.29) is 5.91 Å². The molecule has 1 aromatic carbocycles. The Balaban J connectivity index is 1.36. The normalized spacial score (nSPS) is 22.3. The van der Waals surface area contributed by atoms with Gasteiger partial charge in [-0.15, -0.1) is 0 Å². The smallest absolute Gasteiger partial charge is 0.259 e. The lowest BCUT2D eigenvalue weighted by atomic mass is 9.84. The predicted octanol–water partition coefficient (Wildman–Crippen LogP) is 4.86. The van der Waals surface area contributed by atoms with Crippen LogP contribution in [0.5, 0.6) is 5.75 Å². The van der Waals surface area contributed by atoms with E-state index in [1.54, 1.807) is 18.2 Å². The van der Waals surface area contributed by atoms with Crippen molar-refractivity contribution >= 4 is 22.9 Å². The second kappa shape index (κ2) is 11.7. The third-order valence-corrected chi connectivity index (χ3v) is 8.10. The van der Waals surface area contributed by atoms with Crippen molar-refractivity contribution in [1.82, 2.24) is 9.80 Å². The molecule has 0 bridgehead atoms. The number of hydrogen-bond acceptors (Lipinski definition) is 4. The van der Waals surface area contributed by atoms with Crippen LogP contribution < -0.4 is 9.46 Å². The molecule has 1 heterocycles. The molecule has 0 aromatic heterocycles. The second-order valence-corrected chi connectivity index (χ2v) is 10.8. The standard InChI is InChI=1S/C27H39N3O4S/c1-3-7-23(18-21-8-5-4-6-9-21)27(12-13-27)20-29-14-16-30(17-15-29)26(31)22-10-11-24(28-35(32)33)25(19-22)34-2/h3,7,10-11,18-19,21,28H,4-6,8-9,12-17,20H2,1-2H3,(H,32,33)/b7-3-,23-18+. The lowest BCUT2D eigenvalue weighted by molar-refractivity contribution is 0.0618. The minimum Gasteiger partial charge on any atom is -0.495 e. The lowest BCUT2D eigenvalue weighted by Gasteiger charge is -2.37. The number of allylic oxidation sites excluding steroid dienone is 3. The molecular weight excluding hydrogens is 462 g/mol. The third kappa shape index (κ3) is 6.54. The van der Waals surface area contributed by atoms with Crippen LogP contribution in [-0.2, 0) is 11.3 Å². The van der Waals surface area contributed by atoms with E-state index in [1.165, 1.54) is 57.6 Å². The van der Waals surface area contributed by atoms with Gasteiger partial charge in [0.2, 0.25) is 0 Å². The van der Waals surface area contributed by atoms with E-state index in [1.807, 2.05) is 4.90 Å². The molecule has 35 heavy (non-hydrogen) atoms. The number of carbonyl (C=O) groups excluding carboxylic acids is 1. The molecular formula is C27H39N3O4S. The summed E-state index contributed by atoms with van der Waals surface area (Å²) in [6, 6.07) is 4.91. The summed E-state index contributed by atoms with van der Waals surface area (Å²) in [5, 5.41) is 0. The van der Waals surface area contributed by atoms with Crippen molar-refractivity contribution in [2.75, 3.05) is 44.6 Å². The van der Waals surface area contributed by atoms with Gasteiger partial charge in [0, 0.05) is 43.7 Å². The minimum absolute atomic E-state index is 0.0347. The van der Waals surface area contributed by atoms with E-state index in [0.29, 0.717) is 35.5 Å². The van der Waals surface area contributed by atoms with Gasteiger partial charge in [0.1, 0.15) is 5.75 Å². The number of ether oxygens (including phenoxy) is 1. The first-order valence-electron chi connectivity index (χ1n) is 12.9. The molecule has 7 nitrogen and oxygen atoms in total. The van der Waals surface area contributed by atoms with Crippen LogP contribution in [0.3, 0.4) is 0 Å². The fourth-order valence-corrected chi connectivity index (χ4v) is 5.91. The summed E-state index contributed by atoms with van der Waals surface area (Å²) in [5.41, 5.74) is 2.73.